The molecule has 0 fully saturated rings. The highest BCUT2D eigenvalue weighted by molar-refractivity contribution is 6.31. The molecule has 0 saturated heterocycles. The predicted molar refractivity (Wildman–Crippen MR) is 71.3 cm³/mol. The number of benzene rings is 1. The van der Waals surface area contributed by atoms with Crippen molar-refractivity contribution in [1.29, 1.82) is 0 Å². The number of anilines is 2. The van der Waals surface area contributed by atoms with Gasteiger partial charge in [-0.3, -0.25) is 0 Å². The van der Waals surface area contributed by atoms with Crippen molar-refractivity contribution >= 4 is 34.7 Å². The first kappa shape index (κ1) is 12.1. The van der Waals surface area contributed by atoms with Crippen molar-refractivity contribution < 1.29 is 0 Å². The highest BCUT2D eigenvalue weighted by atomic mass is 35.5. The van der Waals surface area contributed by atoms with Gasteiger partial charge in [-0.2, -0.15) is 0 Å². The summed E-state index contributed by atoms with van der Waals surface area (Å²) in [5.74, 6) is 1.28. The molecule has 0 amide bonds. The zero-order valence-electron chi connectivity index (χ0n) is 9.46. The molecule has 0 aliphatic carbocycles. The van der Waals surface area contributed by atoms with Crippen LogP contribution in [0.15, 0.2) is 24.3 Å². The summed E-state index contributed by atoms with van der Waals surface area (Å²) in [6.45, 7) is 3.79. The van der Waals surface area contributed by atoms with E-state index in [9.17, 15) is 0 Å². The van der Waals surface area contributed by atoms with Crippen LogP contribution in [0, 0.1) is 13.8 Å². The van der Waals surface area contributed by atoms with Crippen LogP contribution in [-0.4, -0.2) is 9.97 Å². The lowest BCUT2D eigenvalue weighted by Crippen LogP contribution is -1.98. The molecule has 1 heterocycles. The van der Waals surface area contributed by atoms with Crippen LogP contribution in [0.2, 0.25) is 10.2 Å². The molecule has 0 unspecified atom stereocenters. The SMILES string of the molecule is Cc1nc(Cl)cc(Nc2cc(Cl)ccc2C)n1. The third-order valence-corrected chi connectivity index (χ3v) is 2.70. The summed E-state index contributed by atoms with van der Waals surface area (Å²) in [4.78, 5) is 8.25. The molecule has 0 atom stereocenters. The van der Waals surface area contributed by atoms with E-state index in [1.165, 1.54) is 0 Å². The number of aryl methyl sites for hydroxylation is 2. The Bertz CT molecular complexity index is 535. The van der Waals surface area contributed by atoms with Gasteiger partial charge < -0.3 is 5.32 Å². The van der Waals surface area contributed by atoms with E-state index in [4.69, 9.17) is 23.2 Å². The van der Waals surface area contributed by atoms with E-state index in [0.717, 1.165) is 11.3 Å². The lowest BCUT2D eigenvalue weighted by atomic mass is 10.2. The second-order valence-corrected chi connectivity index (χ2v) is 4.53. The van der Waals surface area contributed by atoms with Crippen molar-refractivity contribution in [1.82, 2.24) is 9.97 Å². The third-order valence-electron chi connectivity index (χ3n) is 2.27. The number of aromatic nitrogens is 2. The molecule has 0 bridgehead atoms. The van der Waals surface area contributed by atoms with Crippen LogP contribution < -0.4 is 5.32 Å². The van der Waals surface area contributed by atoms with E-state index in [0.29, 0.717) is 21.8 Å². The van der Waals surface area contributed by atoms with Gasteiger partial charge in [0.25, 0.3) is 0 Å². The first-order chi connectivity index (χ1) is 8.04. The third kappa shape index (κ3) is 3.08. The van der Waals surface area contributed by atoms with E-state index in [2.05, 4.69) is 15.3 Å². The molecule has 88 valence electrons. The molecule has 3 nitrogen and oxygen atoms in total. The van der Waals surface area contributed by atoms with Gasteiger partial charge in [-0.1, -0.05) is 29.3 Å². The minimum absolute atomic E-state index is 0.416. The summed E-state index contributed by atoms with van der Waals surface area (Å²) < 4.78 is 0. The molecular formula is C12H11Cl2N3. The van der Waals surface area contributed by atoms with Crippen molar-refractivity contribution in [3.05, 3.63) is 45.8 Å². The van der Waals surface area contributed by atoms with Crippen LogP contribution in [0.25, 0.3) is 0 Å². The lowest BCUT2D eigenvalue weighted by Gasteiger charge is -2.09. The molecule has 17 heavy (non-hydrogen) atoms. The molecule has 0 aliphatic heterocycles. The Morgan fingerprint density at radius 3 is 2.53 bits per heavy atom. The van der Waals surface area contributed by atoms with Gasteiger partial charge in [0.15, 0.2) is 0 Å². The van der Waals surface area contributed by atoms with Gasteiger partial charge in [-0.05, 0) is 31.5 Å². The topological polar surface area (TPSA) is 37.8 Å². The van der Waals surface area contributed by atoms with Gasteiger partial charge in [0, 0.05) is 16.8 Å². The van der Waals surface area contributed by atoms with Gasteiger partial charge >= 0.3 is 0 Å². The second-order valence-electron chi connectivity index (χ2n) is 3.71. The van der Waals surface area contributed by atoms with Crippen molar-refractivity contribution in [2.24, 2.45) is 0 Å². The van der Waals surface area contributed by atoms with E-state index in [1.807, 2.05) is 25.1 Å². The quantitative estimate of drug-likeness (QED) is 0.831. The van der Waals surface area contributed by atoms with Crippen molar-refractivity contribution in [2.45, 2.75) is 13.8 Å². The predicted octanol–water partition coefficient (Wildman–Crippen LogP) is 4.14. The molecule has 0 saturated carbocycles. The fourth-order valence-corrected chi connectivity index (χ4v) is 1.86. The summed E-state index contributed by atoms with van der Waals surface area (Å²) >= 11 is 11.8. The number of rotatable bonds is 2. The van der Waals surface area contributed by atoms with Crippen LogP contribution in [0.4, 0.5) is 11.5 Å². The Labute approximate surface area is 110 Å². The number of halogens is 2. The van der Waals surface area contributed by atoms with Crippen molar-refractivity contribution in [3.8, 4) is 0 Å². The molecule has 5 heteroatoms. The summed E-state index contributed by atoms with van der Waals surface area (Å²) in [7, 11) is 0. The maximum absolute atomic E-state index is 5.95. The van der Waals surface area contributed by atoms with Crippen LogP contribution in [0.3, 0.4) is 0 Å². The largest absolute Gasteiger partial charge is 0.340 e. The lowest BCUT2D eigenvalue weighted by molar-refractivity contribution is 1.06. The minimum atomic E-state index is 0.416. The summed E-state index contributed by atoms with van der Waals surface area (Å²) in [5, 5.41) is 4.27. The highest BCUT2D eigenvalue weighted by Gasteiger charge is 2.03. The Hall–Kier alpha value is -1.32. The monoisotopic (exact) mass is 267 g/mol. The molecule has 1 aromatic heterocycles. The van der Waals surface area contributed by atoms with Crippen LogP contribution in [0.1, 0.15) is 11.4 Å². The average molecular weight is 268 g/mol. The van der Waals surface area contributed by atoms with Gasteiger partial charge in [-0.25, -0.2) is 9.97 Å². The van der Waals surface area contributed by atoms with Gasteiger partial charge in [-0.15, -0.1) is 0 Å². The fourth-order valence-electron chi connectivity index (χ4n) is 1.46. The molecule has 1 aromatic carbocycles. The number of hydrogen-bond acceptors (Lipinski definition) is 3. The minimum Gasteiger partial charge on any atom is -0.340 e. The summed E-state index contributed by atoms with van der Waals surface area (Å²) in [6, 6.07) is 7.32. The Kier molecular flexibility index (Phi) is 3.50. The summed E-state index contributed by atoms with van der Waals surface area (Å²) in [6.07, 6.45) is 0. The maximum Gasteiger partial charge on any atom is 0.135 e. The number of hydrogen-bond donors (Lipinski definition) is 1. The zero-order chi connectivity index (χ0) is 12.4. The van der Waals surface area contributed by atoms with E-state index in [-0.39, 0.29) is 0 Å². The number of nitrogens with one attached hydrogen (secondary N) is 1. The molecular weight excluding hydrogens is 257 g/mol. The molecule has 0 radical (unpaired) electrons. The second kappa shape index (κ2) is 4.90. The van der Waals surface area contributed by atoms with Crippen molar-refractivity contribution in [2.75, 3.05) is 5.32 Å². The Morgan fingerprint density at radius 2 is 1.82 bits per heavy atom. The maximum atomic E-state index is 5.95. The Balaban J connectivity index is 2.34. The van der Waals surface area contributed by atoms with Crippen LogP contribution in [0.5, 0.6) is 0 Å². The molecule has 0 spiro atoms. The molecule has 1 N–H and O–H groups in total. The van der Waals surface area contributed by atoms with Gasteiger partial charge in [0.2, 0.25) is 0 Å². The van der Waals surface area contributed by atoms with Crippen LogP contribution in [-0.2, 0) is 0 Å². The van der Waals surface area contributed by atoms with Gasteiger partial charge in [0.1, 0.15) is 16.8 Å². The highest BCUT2D eigenvalue weighted by Crippen LogP contribution is 2.24. The first-order valence-corrected chi connectivity index (χ1v) is 5.84. The standard InChI is InChI=1S/C12H11Cl2N3/c1-7-3-4-9(13)5-10(7)17-12-6-11(14)15-8(2)16-12/h3-6H,1-2H3,(H,15,16,17). The molecule has 2 rings (SSSR count). The van der Waals surface area contributed by atoms with Crippen LogP contribution >= 0.6 is 23.2 Å². The van der Waals surface area contributed by atoms with Gasteiger partial charge in [0.05, 0.1) is 0 Å². The molecule has 0 aliphatic rings. The fraction of sp³-hybridized carbons (Fsp3) is 0.167. The van der Waals surface area contributed by atoms with E-state index in [1.54, 1.807) is 13.0 Å². The van der Waals surface area contributed by atoms with E-state index >= 15 is 0 Å². The number of nitrogens with zero attached hydrogens (tertiary/aromatic N) is 2. The summed E-state index contributed by atoms with van der Waals surface area (Å²) in [5.41, 5.74) is 1.99. The Morgan fingerprint density at radius 1 is 1.06 bits per heavy atom. The normalized spacial score (nSPS) is 10.4. The smallest absolute Gasteiger partial charge is 0.135 e. The molecule has 2 aromatic rings. The van der Waals surface area contributed by atoms with E-state index < -0.39 is 0 Å². The van der Waals surface area contributed by atoms with Crippen molar-refractivity contribution in [3.63, 3.8) is 0 Å². The zero-order valence-corrected chi connectivity index (χ0v) is 11.0. The first-order valence-electron chi connectivity index (χ1n) is 5.09. The average Bonchev–Trinajstić information content (AvgIpc) is 2.22.